The first-order valence-corrected chi connectivity index (χ1v) is 6.73. The van der Waals surface area contributed by atoms with Gasteiger partial charge in [-0.15, -0.1) is 0 Å². The average Bonchev–Trinajstić information content (AvgIpc) is 2.34. The highest BCUT2D eigenvalue weighted by molar-refractivity contribution is 7.89. The molecule has 19 heavy (non-hydrogen) atoms. The molecule has 0 radical (unpaired) electrons. The van der Waals surface area contributed by atoms with Crippen LogP contribution in [0, 0.1) is 12.7 Å². The van der Waals surface area contributed by atoms with Crippen molar-refractivity contribution >= 4 is 21.7 Å². The number of nitrogens with two attached hydrogens (primary N) is 1. The maximum atomic E-state index is 13.4. The lowest BCUT2D eigenvalue weighted by molar-refractivity contribution is -0.140. The highest BCUT2D eigenvalue weighted by Gasteiger charge is 2.24. The summed E-state index contributed by atoms with van der Waals surface area (Å²) in [6.45, 7) is 0.972. The van der Waals surface area contributed by atoms with Gasteiger partial charge < -0.3 is 10.5 Å². The molecule has 0 aromatic heterocycles. The average molecular weight is 290 g/mol. The van der Waals surface area contributed by atoms with Crippen LogP contribution >= 0.6 is 0 Å². The number of rotatable bonds is 4. The predicted molar refractivity (Wildman–Crippen MR) is 67.4 cm³/mol. The molecule has 0 amide bonds. The van der Waals surface area contributed by atoms with E-state index in [1.54, 1.807) is 0 Å². The van der Waals surface area contributed by atoms with Crippen LogP contribution in [0.5, 0.6) is 0 Å². The van der Waals surface area contributed by atoms with Crippen LogP contribution in [0.15, 0.2) is 17.0 Å². The van der Waals surface area contributed by atoms with Crippen molar-refractivity contribution in [2.24, 2.45) is 0 Å². The molecule has 0 saturated carbocycles. The van der Waals surface area contributed by atoms with Crippen LogP contribution in [0.4, 0.5) is 10.1 Å². The topological polar surface area (TPSA) is 89.7 Å². The second-order valence-corrected chi connectivity index (χ2v) is 6.03. The first-order chi connectivity index (χ1) is 8.70. The van der Waals surface area contributed by atoms with Crippen molar-refractivity contribution in [3.8, 4) is 0 Å². The van der Waals surface area contributed by atoms with Crippen LogP contribution in [-0.2, 0) is 19.6 Å². The number of methoxy groups -OCH3 is 1. The molecule has 6 nitrogen and oxygen atoms in total. The third kappa shape index (κ3) is 3.21. The lowest BCUT2D eigenvalue weighted by atomic mass is 10.2. The third-order valence-corrected chi connectivity index (χ3v) is 4.32. The Morgan fingerprint density at radius 2 is 2.05 bits per heavy atom. The zero-order valence-electron chi connectivity index (χ0n) is 10.8. The third-order valence-electron chi connectivity index (χ3n) is 2.54. The molecule has 0 unspecified atom stereocenters. The van der Waals surface area contributed by atoms with Gasteiger partial charge in [-0.1, -0.05) is 0 Å². The Morgan fingerprint density at radius 1 is 1.47 bits per heavy atom. The van der Waals surface area contributed by atoms with Gasteiger partial charge in [0, 0.05) is 7.05 Å². The van der Waals surface area contributed by atoms with Crippen molar-refractivity contribution in [3.63, 3.8) is 0 Å². The Labute approximate surface area is 111 Å². The Bertz CT molecular complexity index is 578. The molecule has 0 saturated heterocycles. The highest BCUT2D eigenvalue weighted by Crippen LogP contribution is 2.22. The number of ether oxygens (including phenoxy) is 1. The fourth-order valence-corrected chi connectivity index (χ4v) is 2.66. The van der Waals surface area contributed by atoms with E-state index in [1.165, 1.54) is 14.0 Å². The molecule has 0 aliphatic heterocycles. The molecule has 8 heteroatoms. The number of nitrogen functional groups attached to an aromatic ring is 1. The number of halogens is 1. The summed E-state index contributed by atoms with van der Waals surface area (Å²) >= 11 is 0. The summed E-state index contributed by atoms with van der Waals surface area (Å²) in [7, 11) is -1.54. The van der Waals surface area contributed by atoms with Crippen molar-refractivity contribution in [2.45, 2.75) is 11.8 Å². The summed E-state index contributed by atoms with van der Waals surface area (Å²) in [5, 5.41) is 0. The standard InChI is InChI=1S/C11H15FN2O4S/c1-7-4-8(5-9(13)11(7)12)19(16,17)14(2)6-10(15)18-3/h4-5H,6,13H2,1-3H3. The fraction of sp³-hybridized carbons (Fsp3) is 0.364. The number of benzene rings is 1. The SMILES string of the molecule is COC(=O)CN(C)S(=O)(=O)c1cc(C)c(F)c(N)c1. The normalized spacial score (nSPS) is 11.6. The number of esters is 1. The summed E-state index contributed by atoms with van der Waals surface area (Å²) in [4.78, 5) is 10.9. The quantitative estimate of drug-likeness (QED) is 0.644. The molecular weight excluding hydrogens is 275 g/mol. The van der Waals surface area contributed by atoms with Crippen LogP contribution in [0.1, 0.15) is 5.56 Å². The number of aryl methyl sites for hydroxylation is 1. The van der Waals surface area contributed by atoms with Gasteiger partial charge in [-0.2, -0.15) is 4.31 Å². The molecule has 0 fully saturated rings. The first kappa shape index (κ1) is 15.4. The summed E-state index contributed by atoms with van der Waals surface area (Å²) in [6.07, 6.45) is 0. The van der Waals surface area contributed by atoms with Gasteiger partial charge in [0.25, 0.3) is 0 Å². The fourth-order valence-electron chi connectivity index (χ4n) is 1.42. The lowest BCUT2D eigenvalue weighted by Gasteiger charge is -2.16. The van der Waals surface area contributed by atoms with Crippen molar-refractivity contribution in [1.82, 2.24) is 4.31 Å². The zero-order valence-corrected chi connectivity index (χ0v) is 11.6. The van der Waals surface area contributed by atoms with Crippen LogP contribution < -0.4 is 5.73 Å². The molecule has 106 valence electrons. The molecule has 0 heterocycles. The maximum Gasteiger partial charge on any atom is 0.321 e. The van der Waals surface area contributed by atoms with Gasteiger partial charge in [0.2, 0.25) is 10.0 Å². The summed E-state index contributed by atoms with van der Waals surface area (Å²) in [5.74, 6) is -1.35. The Hall–Kier alpha value is -1.67. The first-order valence-electron chi connectivity index (χ1n) is 5.29. The van der Waals surface area contributed by atoms with Gasteiger partial charge >= 0.3 is 5.97 Å². The Kier molecular flexibility index (Phi) is 4.48. The van der Waals surface area contributed by atoms with Crippen LogP contribution in [0.25, 0.3) is 0 Å². The minimum absolute atomic E-state index is 0.116. The molecule has 2 N–H and O–H groups in total. The number of sulfonamides is 1. The van der Waals surface area contributed by atoms with Crippen molar-refractivity contribution in [3.05, 3.63) is 23.5 Å². The lowest BCUT2D eigenvalue weighted by Crippen LogP contribution is -2.32. The molecule has 1 aromatic rings. The summed E-state index contributed by atoms with van der Waals surface area (Å²) in [5.41, 5.74) is 5.25. The molecule has 1 rings (SSSR count). The second-order valence-electron chi connectivity index (χ2n) is 3.98. The van der Waals surface area contributed by atoms with E-state index in [0.29, 0.717) is 0 Å². The Balaban J connectivity index is 3.17. The van der Waals surface area contributed by atoms with Gasteiger partial charge in [0.15, 0.2) is 0 Å². The van der Waals surface area contributed by atoms with Crippen molar-refractivity contribution in [1.29, 1.82) is 0 Å². The van der Waals surface area contributed by atoms with Crippen LogP contribution in [0.3, 0.4) is 0 Å². The van der Waals surface area contributed by atoms with Gasteiger partial charge in [-0.25, -0.2) is 12.8 Å². The molecule has 0 aliphatic carbocycles. The van der Waals surface area contributed by atoms with Crippen LogP contribution in [-0.4, -0.2) is 39.4 Å². The zero-order chi connectivity index (χ0) is 14.8. The number of carbonyl (C=O) groups is 1. The van der Waals surface area contributed by atoms with Gasteiger partial charge in [-0.05, 0) is 24.6 Å². The number of nitrogens with zero attached hydrogens (tertiary/aromatic N) is 1. The van der Waals surface area contributed by atoms with E-state index in [2.05, 4.69) is 4.74 Å². The second kappa shape index (κ2) is 5.54. The largest absolute Gasteiger partial charge is 0.468 e. The summed E-state index contributed by atoms with van der Waals surface area (Å²) < 4.78 is 42.8. The number of carbonyl (C=O) groups excluding carboxylic acids is 1. The molecule has 1 aromatic carbocycles. The van der Waals surface area contributed by atoms with Crippen LogP contribution in [0.2, 0.25) is 0 Å². The minimum Gasteiger partial charge on any atom is -0.468 e. The number of likely N-dealkylation sites (N-methyl/N-ethyl adjacent to an activating group) is 1. The minimum atomic E-state index is -3.92. The summed E-state index contributed by atoms with van der Waals surface area (Å²) in [6, 6.07) is 2.18. The van der Waals surface area contributed by atoms with Gasteiger partial charge in [0.05, 0.1) is 17.7 Å². The monoisotopic (exact) mass is 290 g/mol. The van der Waals surface area contributed by atoms with Gasteiger partial charge in [-0.3, -0.25) is 4.79 Å². The van der Waals surface area contributed by atoms with E-state index in [4.69, 9.17) is 5.73 Å². The predicted octanol–water partition coefficient (Wildman–Crippen LogP) is 0.510. The number of anilines is 1. The van der Waals surface area contributed by atoms with Crippen molar-refractivity contribution in [2.75, 3.05) is 26.4 Å². The van der Waals surface area contributed by atoms with Gasteiger partial charge in [0.1, 0.15) is 12.4 Å². The molecular formula is C11H15FN2O4S. The molecule has 0 atom stereocenters. The highest BCUT2D eigenvalue weighted by atomic mass is 32.2. The number of hydrogen-bond donors (Lipinski definition) is 1. The number of hydrogen-bond acceptors (Lipinski definition) is 5. The van der Waals surface area contributed by atoms with E-state index >= 15 is 0 Å². The molecule has 0 aliphatic rings. The smallest absolute Gasteiger partial charge is 0.321 e. The molecule has 0 spiro atoms. The maximum absolute atomic E-state index is 13.4. The Morgan fingerprint density at radius 3 is 2.53 bits per heavy atom. The van der Waals surface area contributed by atoms with E-state index in [-0.39, 0.29) is 16.1 Å². The molecule has 0 bridgehead atoms. The van der Waals surface area contributed by atoms with E-state index in [1.807, 2.05) is 0 Å². The van der Waals surface area contributed by atoms with E-state index < -0.39 is 28.4 Å². The van der Waals surface area contributed by atoms with E-state index in [0.717, 1.165) is 23.5 Å². The van der Waals surface area contributed by atoms with E-state index in [9.17, 15) is 17.6 Å². The van der Waals surface area contributed by atoms with Crippen molar-refractivity contribution < 1.29 is 22.3 Å².